The number of hydrogen-bond donors (Lipinski definition) is 1. The van der Waals surface area contributed by atoms with Crippen LogP contribution in [0.1, 0.15) is 40.0 Å². The minimum atomic E-state index is 0.377. The predicted molar refractivity (Wildman–Crippen MR) is 64.5 cm³/mol. The van der Waals surface area contributed by atoms with Crippen molar-refractivity contribution in [1.29, 1.82) is 0 Å². The molecule has 0 radical (unpaired) electrons. The third-order valence-electron chi connectivity index (χ3n) is 2.37. The monoisotopic (exact) mass is 226 g/mol. The fourth-order valence-electron chi connectivity index (χ4n) is 1.53. The minimum absolute atomic E-state index is 0.377. The molecule has 0 bridgehead atoms. The molecule has 0 spiro atoms. The zero-order chi connectivity index (χ0) is 12.0. The van der Waals surface area contributed by atoms with Crippen molar-refractivity contribution in [1.82, 2.24) is 15.5 Å². The Balaban J connectivity index is 2.55. The van der Waals surface area contributed by atoms with E-state index in [1.165, 1.54) is 0 Å². The first-order valence-corrected chi connectivity index (χ1v) is 5.98. The van der Waals surface area contributed by atoms with E-state index >= 15 is 0 Å². The van der Waals surface area contributed by atoms with Crippen LogP contribution in [0.15, 0.2) is 4.42 Å². The normalized spacial score (nSPS) is 11.1. The lowest BCUT2D eigenvalue weighted by atomic mass is 10.3. The van der Waals surface area contributed by atoms with Crippen molar-refractivity contribution in [3.05, 3.63) is 5.89 Å². The Bertz CT molecular complexity index is 298. The maximum Gasteiger partial charge on any atom is 0.318 e. The van der Waals surface area contributed by atoms with Gasteiger partial charge in [0.05, 0.1) is 6.54 Å². The third-order valence-corrected chi connectivity index (χ3v) is 2.37. The highest BCUT2D eigenvalue weighted by Gasteiger charge is 2.15. The Morgan fingerprint density at radius 3 is 2.62 bits per heavy atom. The van der Waals surface area contributed by atoms with E-state index in [1.807, 2.05) is 0 Å². The van der Waals surface area contributed by atoms with Gasteiger partial charge in [0.25, 0.3) is 0 Å². The molecule has 1 heterocycles. The topological polar surface area (TPSA) is 54.2 Å². The van der Waals surface area contributed by atoms with E-state index in [1.54, 1.807) is 0 Å². The molecule has 5 nitrogen and oxygen atoms in total. The molecule has 16 heavy (non-hydrogen) atoms. The minimum Gasteiger partial charge on any atom is -0.407 e. The zero-order valence-corrected chi connectivity index (χ0v) is 10.7. The van der Waals surface area contributed by atoms with Crippen molar-refractivity contribution in [2.45, 2.75) is 46.7 Å². The average molecular weight is 226 g/mol. The first-order valence-electron chi connectivity index (χ1n) is 5.98. The van der Waals surface area contributed by atoms with Crippen molar-refractivity contribution >= 4 is 6.01 Å². The molecule has 5 heteroatoms. The van der Waals surface area contributed by atoms with Gasteiger partial charge in [-0.1, -0.05) is 12.0 Å². The highest BCUT2D eigenvalue weighted by atomic mass is 16.4. The van der Waals surface area contributed by atoms with Crippen molar-refractivity contribution < 1.29 is 4.42 Å². The molecule has 0 atom stereocenters. The van der Waals surface area contributed by atoms with E-state index in [0.717, 1.165) is 19.5 Å². The molecule has 1 aromatic rings. The quantitative estimate of drug-likeness (QED) is 0.718. The first kappa shape index (κ1) is 13.0. The van der Waals surface area contributed by atoms with Gasteiger partial charge in [0.15, 0.2) is 0 Å². The van der Waals surface area contributed by atoms with Crippen molar-refractivity contribution in [2.24, 2.45) is 0 Å². The molecule has 0 saturated carbocycles. The number of nitrogens with one attached hydrogen (secondary N) is 1. The Labute approximate surface area is 97.2 Å². The summed E-state index contributed by atoms with van der Waals surface area (Å²) in [6, 6.07) is 0.993. The van der Waals surface area contributed by atoms with Gasteiger partial charge in [0.2, 0.25) is 5.89 Å². The van der Waals surface area contributed by atoms with Gasteiger partial charge in [-0.25, -0.2) is 0 Å². The van der Waals surface area contributed by atoms with Crippen LogP contribution in [0, 0.1) is 0 Å². The van der Waals surface area contributed by atoms with E-state index in [0.29, 0.717) is 24.5 Å². The molecule has 0 saturated heterocycles. The lowest BCUT2D eigenvalue weighted by Gasteiger charge is -2.21. The van der Waals surface area contributed by atoms with Crippen molar-refractivity contribution in [2.75, 3.05) is 18.0 Å². The lowest BCUT2D eigenvalue weighted by molar-refractivity contribution is 0.454. The number of nitrogens with zero attached hydrogens (tertiary/aromatic N) is 3. The highest BCUT2D eigenvalue weighted by Crippen LogP contribution is 2.14. The first-order chi connectivity index (χ1) is 7.69. The zero-order valence-electron chi connectivity index (χ0n) is 10.7. The molecule has 0 unspecified atom stereocenters. The maximum atomic E-state index is 5.59. The summed E-state index contributed by atoms with van der Waals surface area (Å²) in [4.78, 5) is 2.08. The average Bonchev–Trinajstić information content (AvgIpc) is 2.67. The van der Waals surface area contributed by atoms with Gasteiger partial charge in [-0.05, 0) is 33.7 Å². The van der Waals surface area contributed by atoms with Crippen LogP contribution in [-0.2, 0) is 6.54 Å². The Kier molecular flexibility index (Phi) is 5.25. The van der Waals surface area contributed by atoms with Crippen LogP contribution in [0.3, 0.4) is 0 Å². The van der Waals surface area contributed by atoms with Gasteiger partial charge < -0.3 is 14.6 Å². The SMILES string of the molecule is CCCNCc1nnc(N(CC)C(C)C)o1. The van der Waals surface area contributed by atoms with Gasteiger partial charge in [-0.2, -0.15) is 0 Å². The van der Waals surface area contributed by atoms with Gasteiger partial charge in [0.1, 0.15) is 0 Å². The molecule has 0 fully saturated rings. The van der Waals surface area contributed by atoms with E-state index in [2.05, 4.69) is 48.1 Å². The van der Waals surface area contributed by atoms with Crippen LogP contribution in [-0.4, -0.2) is 29.3 Å². The van der Waals surface area contributed by atoms with Gasteiger partial charge in [-0.3, -0.25) is 0 Å². The number of aromatic nitrogens is 2. The molecule has 0 aromatic carbocycles. The van der Waals surface area contributed by atoms with Crippen molar-refractivity contribution in [3.8, 4) is 0 Å². The molecular weight excluding hydrogens is 204 g/mol. The Hall–Kier alpha value is -1.10. The smallest absolute Gasteiger partial charge is 0.318 e. The fraction of sp³-hybridized carbons (Fsp3) is 0.818. The summed E-state index contributed by atoms with van der Waals surface area (Å²) in [5.41, 5.74) is 0. The second-order valence-electron chi connectivity index (χ2n) is 4.03. The van der Waals surface area contributed by atoms with Gasteiger partial charge in [-0.15, -0.1) is 5.10 Å². The second-order valence-corrected chi connectivity index (χ2v) is 4.03. The number of anilines is 1. The van der Waals surface area contributed by atoms with Crippen LogP contribution in [0.25, 0.3) is 0 Å². The predicted octanol–water partition coefficient (Wildman–Crippen LogP) is 1.80. The molecule has 92 valence electrons. The van der Waals surface area contributed by atoms with E-state index in [-0.39, 0.29) is 0 Å². The third kappa shape index (κ3) is 3.48. The molecule has 0 aliphatic heterocycles. The Morgan fingerprint density at radius 2 is 2.06 bits per heavy atom. The van der Waals surface area contributed by atoms with Crippen LogP contribution in [0.4, 0.5) is 6.01 Å². The largest absolute Gasteiger partial charge is 0.407 e. The summed E-state index contributed by atoms with van der Waals surface area (Å²) in [5.74, 6) is 0.655. The molecule has 1 aromatic heterocycles. The molecule has 0 amide bonds. The van der Waals surface area contributed by atoms with E-state index < -0.39 is 0 Å². The fourth-order valence-corrected chi connectivity index (χ4v) is 1.53. The number of rotatable bonds is 7. The summed E-state index contributed by atoms with van der Waals surface area (Å²) in [6.45, 7) is 10.9. The summed E-state index contributed by atoms with van der Waals surface area (Å²) in [6.07, 6.45) is 1.11. The second kappa shape index (κ2) is 6.48. The van der Waals surface area contributed by atoms with Gasteiger partial charge in [0, 0.05) is 12.6 Å². The summed E-state index contributed by atoms with van der Waals surface area (Å²) in [5, 5.41) is 11.3. The summed E-state index contributed by atoms with van der Waals surface area (Å²) in [7, 11) is 0. The molecule has 0 aliphatic rings. The van der Waals surface area contributed by atoms with Crippen molar-refractivity contribution in [3.63, 3.8) is 0 Å². The maximum absolute atomic E-state index is 5.59. The standard InChI is InChI=1S/C11H22N4O/c1-5-7-12-8-10-13-14-11(16-10)15(6-2)9(3)4/h9,12H,5-8H2,1-4H3. The molecule has 1 N–H and O–H groups in total. The van der Waals surface area contributed by atoms with E-state index in [9.17, 15) is 0 Å². The van der Waals surface area contributed by atoms with E-state index in [4.69, 9.17) is 4.42 Å². The van der Waals surface area contributed by atoms with Gasteiger partial charge >= 0.3 is 6.01 Å². The van der Waals surface area contributed by atoms with Crippen LogP contribution < -0.4 is 10.2 Å². The molecule has 1 rings (SSSR count). The van der Waals surface area contributed by atoms with Crippen LogP contribution in [0.2, 0.25) is 0 Å². The summed E-state index contributed by atoms with van der Waals surface area (Å²) < 4.78 is 5.59. The van der Waals surface area contributed by atoms with Crippen LogP contribution >= 0.6 is 0 Å². The molecule has 0 aliphatic carbocycles. The molecular formula is C11H22N4O. The summed E-state index contributed by atoms with van der Waals surface area (Å²) >= 11 is 0. The lowest BCUT2D eigenvalue weighted by Crippen LogP contribution is -2.30. The highest BCUT2D eigenvalue weighted by molar-refractivity contribution is 5.24. The Morgan fingerprint density at radius 1 is 1.31 bits per heavy atom. The van der Waals surface area contributed by atoms with Crippen LogP contribution in [0.5, 0.6) is 0 Å². The number of hydrogen-bond acceptors (Lipinski definition) is 5.